The van der Waals surface area contributed by atoms with Crippen LogP contribution < -0.4 is 5.32 Å². The number of rotatable bonds is 5. The Morgan fingerprint density at radius 3 is 2.79 bits per heavy atom. The Balaban J connectivity index is 1.74. The lowest BCUT2D eigenvalue weighted by Crippen LogP contribution is -2.43. The number of nitrogens with zero attached hydrogens (tertiary/aromatic N) is 3. The third-order valence-electron chi connectivity index (χ3n) is 4.14. The van der Waals surface area contributed by atoms with Crippen LogP contribution in [0.4, 0.5) is 0 Å². The highest BCUT2D eigenvalue weighted by atomic mass is 32.2. The molecule has 1 N–H and O–H groups in total. The van der Waals surface area contributed by atoms with Gasteiger partial charge in [0.1, 0.15) is 0 Å². The molecular formula is C14H28N4S. The van der Waals surface area contributed by atoms with Gasteiger partial charge in [-0.25, -0.2) is 0 Å². The second-order valence-electron chi connectivity index (χ2n) is 5.45. The number of hydrogen-bond donors (Lipinski definition) is 1. The maximum Gasteiger partial charge on any atom is 0.193 e. The fourth-order valence-electron chi connectivity index (χ4n) is 3.09. The van der Waals surface area contributed by atoms with Gasteiger partial charge in [0.2, 0.25) is 0 Å². The minimum Gasteiger partial charge on any atom is -0.356 e. The van der Waals surface area contributed by atoms with Gasteiger partial charge in [-0.3, -0.25) is 9.89 Å². The van der Waals surface area contributed by atoms with Crippen molar-refractivity contribution in [1.82, 2.24) is 15.1 Å². The molecule has 0 aromatic heterocycles. The summed E-state index contributed by atoms with van der Waals surface area (Å²) < 4.78 is 0. The van der Waals surface area contributed by atoms with Gasteiger partial charge >= 0.3 is 0 Å². The fraction of sp³-hybridized carbons (Fsp3) is 0.929. The molecule has 0 aliphatic carbocycles. The van der Waals surface area contributed by atoms with E-state index in [0.29, 0.717) is 0 Å². The number of hydrogen-bond acceptors (Lipinski definition) is 3. The molecule has 110 valence electrons. The van der Waals surface area contributed by atoms with E-state index in [-0.39, 0.29) is 0 Å². The summed E-state index contributed by atoms with van der Waals surface area (Å²) in [4.78, 5) is 9.54. The summed E-state index contributed by atoms with van der Waals surface area (Å²) in [5.41, 5.74) is 0. The predicted molar refractivity (Wildman–Crippen MR) is 85.1 cm³/mol. The molecule has 0 amide bonds. The molecule has 2 aliphatic rings. The van der Waals surface area contributed by atoms with Crippen LogP contribution >= 0.6 is 11.8 Å². The Morgan fingerprint density at radius 1 is 1.32 bits per heavy atom. The molecule has 19 heavy (non-hydrogen) atoms. The summed E-state index contributed by atoms with van der Waals surface area (Å²) in [5.74, 6) is 2.32. The van der Waals surface area contributed by atoms with E-state index in [9.17, 15) is 0 Å². The summed E-state index contributed by atoms with van der Waals surface area (Å²) in [6, 6.07) is 0.757. The third kappa shape index (κ3) is 4.28. The van der Waals surface area contributed by atoms with Crippen LogP contribution in [0.5, 0.6) is 0 Å². The summed E-state index contributed by atoms with van der Waals surface area (Å²) in [7, 11) is 1.90. The number of thioether (sulfide) groups is 1. The molecule has 5 heteroatoms. The Labute approximate surface area is 122 Å². The smallest absolute Gasteiger partial charge is 0.193 e. The minimum absolute atomic E-state index is 0.757. The second kappa shape index (κ2) is 8.00. The van der Waals surface area contributed by atoms with Gasteiger partial charge in [0.05, 0.1) is 0 Å². The molecule has 2 heterocycles. The number of likely N-dealkylation sites (tertiary alicyclic amines) is 2. The van der Waals surface area contributed by atoms with Crippen LogP contribution in [0.2, 0.25) is 0 Å². The molecule has 0 bridgehead atoms. The first-order valence-corrected chi connectivity index (χ1v) is 8.93. The van der Waals surface area contributed by atoms with Crippen molar-refractivity contribution in [2.24, 2.45) is 4.99 Å². The molecule has 0 saturated carbocycles. The molecule has 4 nitrogen and oxygen atoms in total. The van der Waals surface area contributed by atoms with Crippen LogP contribution in [0.25, 0.3) is 0 Å². The summed E-state index contributed by atoms with van der Waals surface area (Å²) in [6.45, 7) is 5.96. The molecule has 1 unspecified atom stereocenters. The van der Waals surface area contributed by atoms with Gasteiger partial charge in [0, 0.05) is 32.7 Å². The van der Waals surface area contributed by atoms with E-state index in [0.717, 1.165) is 31.6 Å². The van der Waals surface area contributed by atoms with Crippen molar-refractivity contribution in [3.63, 3.8) is 0 Å². The molecule has 0 aromatic carbocycles. The highest BCUT2D eigenvalue weighted by Gasteiger charge is 2.30. The molecule has 2 saturated heterocycles. The van der Waals surface area contributed by atoms with Gasteiger partial charge in [0.25, 0.3) is 0 Å². The molecular weight excluding hydrogens is 256 g/mol. The molecule has 0 spiro atoms. The number of aliphatic imine (C=N–C) groups is 1. The second-order valence-corrected chi connectivity index (χ2v) is 6.44. The van der Waals surface area contributed by atoms with E-state index in [2.05, 4.69) is 26.4 Å². The lowest BCUT2D eigenvalue weighted by Gasteiger charge is -2.25. The highest BCUT2D eigenvalue weighted by Crippen LogP contribution is 2.20. The fourth-order valence-corrected chi connectivity index (χ4v) is 3.52. The first kappa shape index (κ1) is 15.0. The molecule has 1 atom stereocenters. The van der Waals surface area contributed by atoms with Gasteiger partial charge in [-0.1, -0.05) is 0 Å². The van der Waals surface area contributed by atoms with Crippen LogP contribution in [0.1, 0.15) is 25.7 Å². The van der Waals surface area contributed by atoms with Crippen LogP contribution in [-0.4, -0.2) is 73.6 Å². The normalized spacial score (nSPS) is 25.3. The summed E-state index contributed by atoms with van der Waals surface area (Å²) >= 11 is 1.91. The summed E-state index contributed by atoms with van der Waals surface area (Å²) in [6.07, 6.45) is 7.45. The average Bonchev–Trinajstić information content (AvgIpc) is 3.09. The first-order valence-electron chi connectivity index (χ1n) is 7.53. The minimum atomic E-state index is 0.757. The zero-order chi connectivity index (χ0) is 13.5. The predicted octanol–water partition coefficient (Wildman–Crippen LogP) is 1.48. The van der Waals surface area contributed by atoms with E-state index in [1.807, 2.05) is 18.8 Å². The number of guanidine groups is 1. The van der Waals surface area contributed by atoms with Crippen molar-refractivity contribution >= 4 is 17.7 Å². The Hall–Kier alpha value is -0.420. The van der Waals surface area contributed by atoms with E-state index in [1.54, 1.807) is 0 Å². The average molecular weight is 284 g/mol. The maximum atomic E-state index is 4.43. The SMILES string of the molecule is CN=C(NCCCSC)N1CCC(N2CCCC2)C1. The summed E-state index contributed by atoms with van der Waals surface area (Å²) in [5, 5.41) is 3.50. The van der Waals surface area contributed by atoms with Gasteiger partial charge < -0.3 is 10.2 Å². The van der Waals surface area contributed by atoms with Crippen molar-refractivity contribution in [2.45, 2.75) is 31.7 Å². The lowest BCUT2D eigenvalue weighted by atomic mass is 10.2. The van der Waals surface area contributed by atoms with Gasteiger partial charge in [-0.15, -0.1) is 0 Å². The largest absolute Gasteiger partial charge is 0.356 e. The molecule has 0 radical (unpaired) electrons. The first-order chi connectivity index (χ1) is 9.35. The van der Waals surface area contributed by atoms with Crippen LogP contribution in [0.15, 0.2) is 4.99 Å². The van der Waals surface area contributed by atoms with Gasteiger partial charge in [-0.05, 0) is 50.8 Å². The van der Waals surface area contributed by atoms with Gasteiger partial charge in [0.15, 0.2) is 5.96 Å². The molecule has 2 rings (SSSR count). The van der Waals surface area contributed by atoms with E-state index < -0.39 is 0 Å². The number of nitrogens with one attached hydrogen (secondary N) is 1. The Bertz CT molecular complexity index is 289. The topological polar surface area (TPSA) is 30.9 Å². The van der Waals surface area contributed by atoms with E-state index in [4.69, 9.17) is 0 Å². The molecule has 0 aromatic rings. The standard InChI is InChI=1S/C14H28N4S/c1-15-14(16-7-5-11-19-2)18-10-6-13(12-18)17-8-3-4-9-17/h13H,3-12H2,1-2H3,(H,15,16). The molecule has 2 fully saturated rings. The zero-order valence-electron chi connectivity index (χ0n) is 12.4. The highest BCUT2D eigenvalue weighted by molar-refractivity contribution is 7.98. The van der Waals surface area contributed by atoms with E-state index >= 15 is 0 Å². The van der Waals surface area contributed by atoms with Crippen molar-refractivity contribution in [3.8, 4) is 0 Å². The Morgan fingerprint density at radius 2 is 2.11 bits per heavy atom. The van der Waals surface area contributed by atoms with Crippen molar-refractivity contribution in [3.05, 3.63) is 0 Å². The van der Waals surface area contributed by atoms with Crippen LogP contribution in [-0.2, 0) is 0 Å². The van der Waals surface area contributed by atoms with E-state index in [1.165, 1.54) is 44.5 Å². The third-order valence-corrected chi connectivity index (χ3v) is 4.84. The quantitative estimate of drug-likeness (QED) is 0.471. The van der Waals surface area contributed by atoms with Gasteiger partial charge in [-0.2, -0.15) is 11.8 Å². The maximum absolute atomic E-state index is 4.43. The lowest BCUT2D eigenvalue weighted by molar-refractivity contribution is 0.249. The monoisotopic (exact) mass is 284 g/mol. The van der Waals surface area contributed by atoms with Crippen LogP contribution in [0, 0.1) is 0 Å². The van der Waals surface area contributed by atoms with Crippen molar-refractivity contribution in [2.75, 3.05) is 51.8 Å². The van der Waals surface area contributed by atoms with Crippen molar-refractivity contribution in [1.29, 1.82) is 0 Å². The van der Waals surface area contributed by atoms with Crippen LogP contribution in [0.3, 0.4) is 0 Å². The zero-order valence-corrected chi connectivity index (χ0v) is 13.2. The Kier molecular flexibility index (Phi) is 6.31. The molecule has 2 aliphatic heterocycles. The van der Waals surface area contributed by atoms with Crippen molar-refractivity contribution < 1.29 is 0 Å².